The molecular formula is C16H26N4O3. The third-order valence-corrected chi connectivity index (χ3v) is 5.62. The average molecular weight is 322 g/mol. The second kappa shape index (κ2) is 6.11. The van der Waals surface area contributed by atoms with E-state index in [1.54, 1.807) is 4.90 Å². The van der Waals surface area contributed by atoms with Crippen LogP contribution in [0.2, 0.25) is 0 Å². The van der Waals surface area contributed by atoms with Gasteiger partial charge in [-0.3, -0.25) is 14.5 Å². The molecular weight excluding hydrogens is 296 g/mol. The van der Waals surface area contributed by atoms with Crippen LogP contribution >= 0.6 is 0 Å². The van der Waals surface area contributed by atoms with Gasteiger partial charge in [0.1, 0.15) is 12.1 Å². The molecule has 2 unspecified atom stereocenters. The van der Waals surface area contributed by atoms with Gasteiger partial charge in [0.2, 0.25) is 5.91 Å². The molecule has 0 bridgehead atoms. The molecule has 0 aromatic rings. The summed E-state index contributed by atoms with van der Waals surface area (Å²) >= 11 is 0. The largest absolute Gasteiger partial charge is 0.336 e. The molecule has 4 amide bonds. The predicted octanol–water partition coefficient (Wildman–Crippen LogP) is 0.307. The number of hydrogen-bond donors (Lipinski definition) is 2. The van der Waals surface area contributed by atoms with Gasteiger partial charge in [-0.15, -0.1) is 0 Å². The third kappa shape index (κ3) is 2.71. The van der Waals surface area contributed by atoms with Gasteiger partial charge in [0.05, 0.1) is 0 Å². The maximum absolute atomic E-state index is 12.9. The van der Waals surface area contributed by atoms with Crippen LogP contribution in [0.25, 0.3) is 0 Å². The van der Waals surface area contributed by atoms with Crippen molar-refractivity contribution in [2.75, 3.05) is 26.2 Å². The van der Waals surface area contributed by atoms with Crippen LogP contribution in [0, 0.1) is 5.92 Å². The van der Waals surface area contributed by atoms with Gasteiger partial charge in [0.25, 0.3) is 5.91 Å². The maximum atomic E-state index is 12.9. The van der Waals surface area contributed by atoms with E-state index in [0.29, 0.717) is 13.0 Å². The monoisotopic (exact) mass is 322 g/mol. The molecule has 0 aromatic heterocycles. The zero-order chi connectivity index (χ0) is 16.6. The van der Waals surface area contributed by atoms with E-state index in [1.807, 2.05) is 13.8 Å². The lowest BCUT2D eigenvalue weighted by Gasteiger charge is -2.37. The number of piperazine rings is 1. The normalized spacial score (nSPS) is 34.9. The molecule has 2 aliphatic heterocycles. The number of urea groups is 1. The van der Waals surface area contributed by atoms with Gasteiger partial charge in [0, 0.05) is 25.7 Å². The Kier molecular flexibility index (Phi) is 4.31. The Hall–Kier alpha value is -1.63. The van der Waals surface area contributed by atoms with Crippen LogP contribution in [-0.4, -0.2) is 65.4 Å². The minimum absolute atomic E-state index is 0.0829. The number of nitrogens with one attached hydrogen (secondary N) is 2. The number of hydrogen-bond acceptors (Lipinski definition) is 4. The smallest absolute Gasteiger partial charge is 0.325 e. The Labute approximate surface area is 136 Å². The summed E-state index contributed by atoms with van der Waals surface area (Å²) in [5, 5.41) is 6.12. The highest BCUT2D eigenvalue weighted by molar-refractivity contribution is 6.09. The van der Waals surface area contributed by atoms with Crippen LogP contribution in [-0.2, 0) is 9.59 Å². The Bertz CT molecular complexity index is 523. The first kappa shape index (κ1) is 16.2. The highest BCUT2D eigenvalue weighted by atomic mass is 16.2. The Morgan fingerprint density at radius 3 is 2.78 bits per heavy atom. The molecule has 128 valence electrons. The summed E-state index contributed by atoms with van der Waals surface area (Å²) in [6.45, 7) is 5.94. The number of imide groups is 1. The van der Waals surface area contributed by atoms with Crippen molar-refractivity contribution in [2.24, 2.45) is 5.92 Å². The van der Waals surface area contributed by atoms with E-state index >= 15 is 0 Å². The number of rotatable bonds is 2. The summed E-state index contributed by atoms with van der Waals surface area (Å²) in [5.41, 5.74) is -0.787. The average Bonchev–Trinajstić information content (AvgIpc) is 2.76. The lowest BCUT2D eigenvalue weighted by Crippen LogP contribution is -2.56. The molecule has 0 radical (unpaired) electrons. The topological polar surface area (TPSA) is 81.8 Å². The summed E-state index contributed by atoms with van der Waals surface area (Å²) in [7, 11) is 0. The lowest BCUT2D eigenvalue weighted by molar-refractivity contribution is -0.142. The van der Waals surface area contributed by atoms with Crippen molar-refractivity contribution in [2.45, 2.75) is 51.1 Å². The van der Waals surface area contributed by atoms with Crippen molar-refractivity contribution in [1.82, 2.24) is 20.4 Å². The number of amides is 4. The first-order valence-electron chi connectivity index (χ1n) is 8.60. The molecule has 2 heterocycles. The van der Waals surface area contributed by atoms with Crippen molar-refractivity contribution in [1.29, 1.82) is 0 Å². The van der Waals surface area contributed by atoms with Crippen molar-refractivity contribution >= 4 is 17.8 Å². The van der Waals surface area contributed by atoms with Crippen molar-refractivity contribution in [3.63, 3.8) is 0 Å². The van der Waals surface area contributed by atoms with Crippen LogP contribution in [0.15, 0.2) is 0 Å². The van der Waals surface area contributed by atoms with Gasteiger partial charge >= 0.3 is 6.03 Å². The number of carbonyl (C=O) groups is 3. The molecule has 1 aliphatic carbocycles. The Morgan fingerprint density at radius 2 is 2.09 bits per heavy atom. The van der Waals surface area contributed by atoms with Crippen LogP contribution in [0.4, 0.5) is 4.79 Å². The first-order valence-corrected chi connectivity index (χ1v) is 8.60. The van der Waals surface area contributed by atoms with Gasteiger partial charge in [-0.25, -0.2) is 4.79 Å². The van der Waals surface area contributed by atoms with Gasteiger partial charge in [-0.2, -0.15) is 0 Å². The predicted molar refractivity (Wildman–Crippen MR) is 84.7 cm³/mol. The molecule has 1 saturated carbocycles. The molecule has 3 aliphatic rings. The fraction of sp³-hybridized carbons (Fsp3) is 0.812. The molecule has 3 fully saturated rings. The van der Waals surface area contributed by atoms with Crippen LogP contribution in [0.5, 0.6) is 0 Å². The van der Waals surface area contributed by atoms with Crippen molar-refractivity contribution in [3.05, 3.63) is 0 Å². The van der Waals surface area contributed by atoms with Gasteiger partial charge < -0.3 is 15.5 Å². The second-order valence-electron chi connectivity index (χ2n) is 7.08. The Balaban J connectivity index is 1.72. The van der Waals surface area contributed by atoms with Crippen LogP contribution in [0.1, 0.15) is 39.5 Å². The molecule has 23 heavy (non-hydrogen) atoms. The fourth-order valence-electron chi connectivity index (χ4n) is 4.08. The highest BCUT2D eigenvalue weighted by Crippen LogP contribution is 2.38. The van der Waals surface area contributed by atoms with E-state index in [9.17, 15) is 14.4 Å². The van der Waals surface area contributed by atoms with E-state index < -0.39 is 11.6 Å². The first-order chi connectivity index (χ1) is 11.0. The molecule has 7 heteroatoms. The summed E-state index contributed by atoms with van der Waals surface area (Å²) in [5.74, 6) is -0.250. The highest BCUT2D eigenvalue weighted by Gasteiger charge is 2.55. The minimum Gasteiger partial charge on any atom is -0.336 e. The van der Waals surface area contributed by atoms with E-state index in [0.717, 1.165) is 37.3 Å². The number of carbonyl (C=O) groups excluding carboxylic acids is 3. The van der Waals surface area contributed by atoms with Crippen molar-refractivity contribution in [3.8, 4) is 0 Å². The quantitative estimate of drug-likeness (QED) is 0.717. The van der Waals surface area contributed by atoms with E-state index in [4.69, 9.17) is 0 Å². The summed E-state index contributed by atoms with van der Waals surface area (Å²) < 4.78 is 0. The number of nitrogens with zero attached hydrogens (tertiary/aromatic N) is 2. The molecule has 2 saturated heterocycles. The van der Waals surface area contributed by atoms with Gasteiger partial charge in [0.15, 0.2) is 0 Å². The molecule has 3 atom stereocenters. The second-order valence-corrected chi connectivity index (χ2v) is 7.08. The van der Waals surface area contributed by atoms with Crippen LogP contribution < -0.4 is 10.6 Å². The third-order valence-electron chi connectivity index (χ3n) is 5.62. The molecule has 7 nitrogen and oxygen atoms in total. The van der Waals surface area contributed by atoms with E-state index in [1.165, 1.54) is 0 Å². The molecule has 2 N–H and O–H groups in total. The minimum atomic E-state index is -0.787. The van der Waals surface area contributed by atoms with Gasteiger partial charge in [-0.1, -0.05) is 19.8 Å². The standard InChI is InChI=1S/C16H26N4O3/c1-11-5-3-4-6-16(11)14(22)20(15(23)18-16)10-13(21)19-8-7-17-9-12(19)2/h11-12,17H,3-10H2,1-2H3,(H,18,23)/t11?,12-,16?/m0/s1. The van der Waals surface area contributed by atoms with Gasteiger partial charge in [-0.05, 0) is 25.7 Å². The fourth-order valence-corrected chi connectivity index (χ4v) is 4.08. The zero-order valence-corrected chi connectivity index (χ0v) is 13.9. The maximum Gasteiger partial charge on any atom is 0.325 e. The summed E-state index contributed by atoms with van der Waals surface area (Å²) in [6, 6.07) is -0.334. The van der Waals surface area contributed by atoms with E-state index in [-0.39, 0.29) is 30.3 Å². The SMILES string of the molecule is CC1CCCCC12NC(=O)N(CC(=O)N1CCNC[C@@H]1C)C2=O. The molecule has 3 rings (SSSR count). The molecule has 0 aromatic carbocycles. The lowest BCUT2D eigenvalue weighted by atomic mass is 9.73. The zero-order valence-electron chi connectivity index (χ0n) is 13.9. The summed E-state index contributed by atoms with van der Waals surface area (Å²) in [6.07, 6.45) is 3.63. The van der Waals surface area contributed by atoms with Crippen molar-refractivity contribution < 1.29 is 14.4 Å². The van der Waals surface area contributed by atoms with E-state index in [2.05, 4.69) is 10.6 Å². The molecule has 1 spiro atoms. The summed E-state index contributed by atoms with van der Waals surface area (Å²) in [4.78, 5) is 40.6. The van der Waals surface area contributed by atoms with Crippen LogP contribution in [0.3, 0.4) is 0 Å². The Morgan fingerprint density at radius 1 is 1.30 bits per heavy atom.